The zero-order valence-corrected chi connectivity index (χ0v) is 15.4. The second-order valence-corrected chi connectivity index (χ2v) is 7.02. The zero-order chi connectivity index (χ0) is 19.0. The molecule has 0 saturated carbocycles. The molecule has 0 aliphatic carbocycles. The SMILES string of the molecule is Cc1c(N2C(=O)C[C@@H](Cc3ccc(Cl)cc3)C2=O)n[nH]c1-c1ccncc1. The molecule has 0 radical (unpaired) electrons. The van der Waals surface area contributed by atoms with E-state index in [0.29, 0.717) is 17.3 Å². The maximum absolute atomic E-state index is 12.9. The van der Waals surface area contributed by atoms with Crippen LogP contribution in [-0.4, -0.2) is 27.0 Å². The van der Waals surface area contributed by atoms with Gasteiger partial charge >= 0.3 is 0 Å². The van der Waals surface area contributed by atoms with Gasteiger partial charge < -0.3 is 0 Å². The van der Waals surface area contributed by atoms with E-state index in [4.69, 9.17) is 11.6 Å². The number of imide groups is 1. The summed E-state index contributed by atoms with van der Waals surface area (Å²) < 4.78 is 0. The van der Waals surface area contributed by atoms with Gasteiger partial charge in [-0.15, -0.1) is 0 Å². The number of nitrogens with zero attached hydrogens (tertiary/aromatic N) is 3. The number of carbonyl (C=O) groups excluding carboxylic acids is 2. The maximum atomic E-state index is 12.9. The quantitative estimate of drug-likeness (QED) is 0.702. The van der Waals surface area contributed by atoms with E-state index in [2.05, 4.69) is 15.2 Å². The molecule has 1 aromatic carbocycles. The van der Waals surface area contributed by atoms with Gasteiger partial charge in [0.15, 0.2) is 5.82 Å². The van der Waals surface area contributed by atoms with Gasteiger partial charge in [-0.2, -0.15) is 5.10 Å². The van der Waals surface area contributed by atoms with Crippen molar-refractivity contribution in [2.45, 2.75) is 19.8 Å². The molecule has 1 aliphatic rings. The number of benzene rings is 1. The van der Waals surface area contributed by atoms with Crippen molar-refractivity contribution in [1.29, 1.82) is 0 Å². The van der Waals surface area contributed by atoms with Crippen molar-refractivity contribution < 1.29 is 9.59 Å². The van der Waals surface area contributed by atoms with E-state index in [-0.39, 0.29) is 24.2 Å². The summed E-state index contributed by atoms with van der Waals surface area (Å²) in [4.78, 5) is 30.7. The molecule has 3 heterocycles. The lowest BCUT2D eigenvalue weighted by molar-refractivity contribution is -0.122. The lowest BCUT2D eigenvalue weighted by Gasteiger charge is -2.13. The number of anilines is 1. The van der Waals surface area contributed by atoms with Crippen molar-refractivity contribution in [3.05, 3.63) is 64.9 Å². The highest BCUT2D eigenvalue weighted by Crippen LogP contribution is 2.33. The molecule has 2 aromatic heterocycles. The first-order valence-corrected chi connectivity index (χ1v) is 8.99. The lowest BCUT2D eigenvalue weighted by atomic mass is 9.98. The summed E-state index contributed by atoms with van der Waals surface area (Å²) in [7, 11) is 0. The molecular weight excluding hydrogens is 364 g/mol. The second-order valence-electron chi connectivity index (χ2n) is 6.58. The topological polar surface area (TPSA) is 79.0 Å². The maximum Gasteiger partial charge on any atom is 0.239 e. The summed E-state index contributed by atoms with van der Waals surface area (Å²) in [6.45, 7) is 1.85. The van der Waals surface area contributed by atoms with Crippen LogP contribution in [0.2, 0.25) is 5.02 Å². The lowest BCUT2D eigenvalue weighted by Crippen LogP contribution is -2.31. The summed E-state index contributed by atoms with van der Waals surface area (Å²) in [6, 6.07) is 11.0. The highest BCUT2D eigenvalue weighted by molar-refractivity contribution is 6.30. The number of H-pyrrole nitrogens is 1. The van der Waals surface area contributed by atoms with Gasteiger partial charge in [0.1, 0.15) is 0 Å². The Labute approximate surface area is 161 Å². The van der Waals surface area contributed by atoms with Gasteiger partial charge in [0.2, 0.25) is 11.8 Å². The fourth-order valence-corrected chi connectivity index (χ4v) is 3.51. The Balaban J connectivity index is 1.59. The van der Waals surface area contributed by atoms with E-state index < -0.39 is 0 Å². The van der Waals surface area contributed by atoms with Gasteiger partial charge in [-0.3, -0.25) is 19.7 Å². The summed E-state index contributed by atoms with van der Waals surface area (Å²) in [5.74, 6) is -0.463. The van der Waals surface area contributed by atoms with Crippen LogP contribution in [0.5, 0.6) is 0 Å². The fourth-order valence-electron chi connectivity index (χ4n) is 3.39. The van der Waals surface area contributed by atoms with Crippen LogP contribution in [0.4, 0.5) is 5.82 Å². The number of halogens is 1. The van der Waals surface area contributed by atoms with Gasteiger partial charge in [-0.05, 0) is 43.2 Å². The molecule has 1 saturated heterocycles. The number of pyridine rings is 1. The predicted molar refractivity (Wildman–Crippen MR) is 102 cm³/mol. The number of nitrogens with one attached hydrogen (secondary N) is 1. The molecule has 0 bridgehead atoms. The number of amides is 2. The van der Waals surface area contributed by atoms with E-state index >= 15 is 0 Å². The minimum Gasteiger partial charge on any atom is -0.275 e. The number of hydrogen-bond acceptors (Lipinski definition) is 4. The van der Waals surface area contributed by atoms with Crippen LogP contribution in [0.25, 0.3) is 11.3 Å². The number of rotatable bonds is 4. The molecule has 0 unspecified atom stereocenters. The number of aromatic amines is 1. The molecule has 2 amide bonds. The van der Waals surface area contributed by atoms with Crippen LogP contribution in [0.3, 0.4) is 0 Å². The average molecular weight is 381 g/mol. The van der Waals surface area contributed by atoms with E-state index in [9.17, 15) is 9.59 Å². The molecule has 7 heteroatoms. The van der Waals surface area contributed by atoms with Crippen molar-refractivity contribution in [2.75, 3.05) is 4.90 Å². The van der Waals surface area contributed by atoms with Gasteiger partial charge in [0, 0.05) is 35.0 Å². The van der Waals surface area contributed by atoms with E-state index in [1.807, 2.05) is 31.2 Å². The van der Waals surface area contributed by atoms with Gasteiger partial charge in [-0.1, -0.05) is 23.7 Å². The summed E-state index contributed by atoms with van der Waals surface area (Å²) in [5, 5.41) is 7.83. The average Bonchev–Trinajstić information content (AvgIpc) is 3.17. The number of aromatic nitrogens is 3. The van der Waals surface area contributed by atoms with Crippen molar-refractivity contribution in [1.82, 2.24) is 15.2 Å². The molecule has 6 nitrogen and oxygen atoms in total. The fraction of sp³-hybridized carbons (Fsp3) is 0.200. The highest BCUT2D eigenvalue weighted by atomic mass is 35.5. The Bertz CT molecular complexity index is 999. The first kappa shape index (κ1) is 17.4. The Morgan fingerprint density at radius 3 is 2.56 bits per heavy atom. The summed E-state index contributed by atoms with van der Waals surface area (Å²) in [5.41, 5.74) is 3.41. The third-order valence-electron chi connectivity index (χ3n) is 4.80. The minimum absolute atomic E-state index is 0.179. The van der Waals surface area contributed by atoms with Crippen LogP contribution < -0.4 is 4.90 Å². The van der Waals surface area contributed by atoms with E-state index in [1.165, 1.54) is 4.90 Å². The van der Waals surface area contributed by atoms with Crippen LogP contribution >= 0.6 is 11.6 Å². The smallest absolute Gasteiger partial charge is 0.239 e. The standard InChI is InChI=1S/C20H17ClN4O2/c1-12-18(14-6-8-22-9-7-14)23-24-19(12)25-17(26)11-15(20(25)27)10-13-2-4-16(21)5-3-13/h2-9,15H,10-11H2,1H3,(H,23,24)/t15-/m1/s1. The molecule has 0 spiro atoms. The monoisotopic (exact) mass is 380 g/mol. The Morgan fingerprint density at radius 1 is 1.15 bits per heavy atom. The van der Waals surface area contributed by atoms with Crippen molar-refractivity contribution in [2.24, 2.45) is 5.92 Å². The minimum atomic E-state index is -0.390. The molecule has 3 aromatic rings. The molecule has 1 aliphatic heterocycles. The number of hydrogen-bond donors (Lipinski definition) is 1. The van der Waals surface area contributed by atoms with Gasteiger partial charge in [0.25, 0.3) is 0 Å². The first-order valence-electron chi connectivity index (χ1n) is 8.61. The van der Waals surface area contributed by atoms with Crippen molar-refractivity contribution in [3.8, 4) is 11.3 Å². The van der Waals surface area contributed by atoms with Gasteiger partial charge in [0.05, 0.1) is 11.6 Å². The normalized spacial score (nSPS) is 17.0. The molecule has 1 fully saturated rings. The Hall–Kier alpha value is -2.99. The second kappa shape index (κ2) is 6.96. The van der Waals surface area contributed by atoms with Crippen LogP contribution in [0, 0.1) is 12.8 Å². The number of carbonyl (C=O) groups is 2. The van der Waals surface area contributed by atoms with E-state index in [1.54, 1.807) is 24.5 Å². The Kier molecular flexibility index (Phi) is 4.49. The van der Waals surface area contributed by atoms with Crippen LogP contribution in [0.1, 0.15) is 17.5 Å². The highest BCUT2D eigenvalue weighted by Gasteiger charge is 2.41. The van der Waals surface area contributed by atoms with E-state index in [0.717, 1.165) is 22.4 Å². The largest absolute Gasteiger partial charge is 0.275 e. The third-order valence-corrected chi connectivity index (χ3v) is 5.05. The Morgan fingerprint density at radius 2 is 1.85 bits per heavy atom. The van der Waals surface area contributed by atoms with Crippen molar-refractivity contribution >= 4 is 29.2 Å². The van der Waals surface area contributed by atoms with Crippen LogP contribution in [0.15, 0.2) is 48.8 Å². The molecule has 4 rings (SSSR count). The molecule has 27 heavy (non-hydrogen) atoms. The zero-order valence-electron chi connectivity index (χ0n) is 14.6. The third kappa shape index (κ3) is 3.24. The van der Waals surface area contributed by atoms with Gasteiger partial charge in [-0.25, -0.2) is 4.90 Å². The first-order chi connectivity index (χ1) is 13.0. The summed E-state index contributed by atoms with van der Waals surface area (Å²) in [6.07, 6.45) is 4.05. The summed E-state index contributed by atoms with van der Waals surface area (Å²) >= 11 is 5.91. The van der Waals surface area contributed by atoms with Crippen molar-refractivity contribution in [3.63, 3.8) is 0 Å². The molecule has 1 N–H and O–H groups in total. The molecule has 136 valence electrons. The van der Waals surface area contributed by atoms with Crippen LogP contribution in [-0.2, 0) is 16.0 Å². The molecule has 1 atom stereocenters. The molecular formula is C20H17ClN4O2. The predicted octanol–water partition coefficient (Wildman–Crippen LogP) is 3.56.